The molecular weight excluding hydrogens is 214 g/mol. The van der Waals surface area contributed by atoms with Crippen LogP contribution in [-0.4, -0.2) is 23.7 Å². The minimum atomic E-state index is -0.717. The van der Waals surface area contributed by atoms with E-state index in [-0.39, 0.29) is 6.04 Å². The molecule has 100 valence electrons. The van der Waals surface area contributed by atoms with Crippen LogP contribution in [0.3, 0.4) is 0 Å². The van der Waals surface area contributed by atoms with E-state index in [0.717, 1.165) is 6.54 Å². The molecule has 3 heteroatoms. The minimum Gasteiger partial charge on any atom is -0.480 e. The fraction of sp³-hybridized carbons (Fsp3) is 0.929. The highest BCUT2D eigenvalue weighted by Crippen LogP contribution is 2.42. The number of nitrogens with one attached hydrogen (secondary N) is 1. The van der Waals surface area contributed by atoms with Crippen LogP contribution in [0.25, 0.3) is 0 Å². The maximum atomic E-state index is 11.0. The molecule has 0 radical (unpaired) electrons. The maximum absolute atomic E-state index is 11.0. The molecular formula is C14H27NO2. The van der Waals surface area contributed by atoms with Crippen LogP contribution >= 0.6 is 0 Å². The zero-order chi connectivity index (χ0) is 12.9. The van der Waals surface area contributed by atoms with Crippen LogP contribution in [0.2, 0.25) is 0 Å². The van der Waals surface area contributed by atoms with Gasteiger partial charge in [-0.2, -0.15) is 0 Å². The molecule has 1 aliphatic rings. The Kier molecular flexibility index (Phi) is 5.44. The molecule has 1 atom stereocenters. The highest BCUT2D eigenvalue weighted by molar-refractivity contribution is 5.73. The molecule has 0 heterocycles. The average molecular weight is 241 g/mol. The Balaban J connectivity index is 2.52. The van der Waals surface area contributed by atoms with Crippen molar-refractivity contribution in [2.75, 3.05) is 6.54 Å². The maximum Gasteiger partial charge on any atom is 0.320 e. The lowest BCUT2D eigenvalue weighted by Gasteiger charge is -2.32. The molecule has 0 aromatic carbocycles. The van der Waals surface area contributed by atoms with Gasteiger partial charge in [0.05, 0.1) is 0 Å². The summed E-state index contributed by atoms with van der Waals surface area (Å²) in [6.45, 7) is 7.31. The first kappa shape index (κ1) is 14.5. The van der Waals surface area contributed by atoms with Gasteiger partial charge in [-0.25, -0.2) is 0 Å². The first-order valence-corrected chi connectivity index (χ1v) is 6.95. The average Bonchev–Trinajstić information content (AvgIpc) is 2.66. The second-order valence-corrected chi connectivity index (χ2v) is 5.99. The number of aliphatic carboxylic acids is 1. The van der Waals surface area contributed by atoms with Crippen LogP contribution in [0.4, 0.5) is 0 Å². The van der Waals surface area contributed by atoms with Gasteiger partial charge in [-0.3, -0.25) is 4.79 Å². The molecule has 1 aliphatic carbocycles. The van der Waals surface area contributed by atoms with E-state index in [1.807, 2.05) is 6.92 Å². The molecule has 0 saturated heterocycles. The van der Waals surface area contributed by atoms with Gasteiger partial charge in [0.1, 0.15) is 6.04 Å². The normalized spacial score (nSPS) is 20.7. The predicted molar refractivity (Wildman–Crippen MR) is 70.1 cm³/mol. The Bertz CT molecular complexity index is 245. The summed E-state index contributed by atoms with van der Waals surface area (Å²) in [5.41, 5.74) is 0.358. The first-order valence-electron chi connectivity index (χ1n) is 6.95. The lowest BCUT2D eigenvalue weighted by molar-refractivity contribution is -0.139. The topological polar surface area (TPSA) is 49.3 Å². The first-order chi connectivity index (χ1) is 7.99. The highest BCUT2D eigenvalue weighted by atomic mass is 16.4. The van der Waals surface area contributed by atoms with Crippen LogP contribution in [0.5, 0.6) is 0 Å². The molecule has 1 unspecified atom stereocenters. The van der Waals surface area contributed by atoms with Crippen LogP contribution < -0.4 is 5.32 Å². The van der Waals surface area contributed by atoms with Crippen molar-refractivity contribution >= 4 is 5.97 Å². The van der Waals surface area contributed by atoms with E-state index < -0.39 is 5.97 Å². The van der Waals surface area contributed by atoms with Crippen LogP contribution in [0, 0.1) is 11.3 Å². The van der Waals surface area contributed by atoms with Gasteiger partial charge in [0, 0.05) is 6.54 Å². The van der Waals surface area contributed by atoms with E-state index in [4.69, 9.17) is 5.11 Å². The molecule has 0 aliphatic heterocycles. The summed E-state index contributed by atoms with van der Waals surface area (Å²) in [7, 11) is 0. The third kappa shape index (κ3) is 4.30. The summed E-state index contributed by atoms with van der Waals surface area (Å²) >= 11 is 0. The molecule has 0 aromatic rings. The monoisotopic (exact) mass is 241 g/mol. The molecule has 3 nitrogen and oxygen atoms in total. The van der Waals surface area contributed by atoms with Crippen molar-refractivity contribution in [2.45, 2.75) is 65.3 Å². The lowest BCUT2D eigenvalue weighted by atomic mass is 9.78. The number of hydrogen-bond acceptors (Lipinski definition) is 2. The number of hydrogen-bond donors (Lipinski definition) is 2. The Morgan fingerprint density at radius 1 is 1.35 bits per heavy atom. The molecule has 0 amide bonds. The molecule has 2 N–H and O–H groups in total. The van der Waals surface area contributed by atoms with Crippen LogP contribution in [0.1, 0.15) is 59.3 Å². The lowest BCUT2D eigenvalue weighted by Crippen LogP contribution is -2.43. The molecule has 0 aromatic heterocycles. The molecule has 17 heavy (non-hydrogen) atoms. The van der Waals surface area contributed by atoms with Crippen molar-refractivity contribution in [1.82, 2.24) is 5.32 Å². The summed E-state index contributed by atoms with van der Waals surface area (Å²) in [5.74, 6) is -0.0231. The largest absolute Gasteiger partial charge is 0.480 e. The third-order valence-corrected chi connectivity index (χ3v) is 3.94. The van der Waals surface area contributed by atoms with Gasteiger partial charge in [-0.05, 0) is 37.0 Å². The highest BCUT2D eigenvalue weighted by Gasteiger charge is 2.35. The summed E-state index contributed by atoms with van der Waals surface area (Å²) in [5, 5.41) is 12.3. The molecule has 1 saturated carbocycles. The van der Waals surface area contributed by atoms with E-state index in [2.05, 4.69) is 19.2 Å². The van der Waals surface area contributed by atoms with Gasteiger partial charge in [-0.1, -0.05) is 33.6 Å². The second-order valence-electron chi connectivity index (χ2n) is 5.99. The van der Waals surface area contributed by atoms with Crippen molar-refractivity contribution in [3.8, 4) is 0 Å². The Morgan fingerprint density at radius 3 is 2.35 bits per heavy atom. The molecule has 0 spiro atoms. The van der Waals surface area contributed by atoms with Gasteiger partial charge >= 0.3 is 5.97 Å². The fourth-order valence-corrected chi connectivity index (χ4v) is 3.19. The number of carboxylic acid groups (broad SMARTS) is 1. The Hall–Kier alpha value is -0.570. The minimum absolute atomic E-state index is 0.358. The SMILES string of the molecule is CCC(NCC1(CC(C)C)CCCC1)C(=O)O. The van der Waals surface area contributed by atoms with Gasteiger partial charge in [0.2, 0.25) is 0 Å². The van der Waals surface area contributed by atoms with Crippen LogP contribution in [-0.2, 0) is 4.79 Å². The van der Waals surface area contributed by atoms with Crippen molar-refractivity contribution < 1.29 is 9.90 Å². The van der Waals surface area contributed by atoms with E-state index in [1.165, 1.54) is 32.1 Å². The van der Waals surface area contributed by atoms with Gasteiger partial charge < -0.3 is 10.4 Å². The quantitative estimate of drug-likeness (QED) is 0.720. The van der Waals surface area contributed by atoms with Crippen molar-refractivity contribution in [1.29, 1.82) is 0 Å². The van der Waals surface area contributed by atoms with E-state index >= 15 is 0 Å². The number of carboxylic acids is 1. The fourth-order valence-electron chi connectivity index (χ4n) is 3.19. The Labute approximate surface area is 105 Å². The van der Waals surface area contributed by atoms with Gasteiger partial charge in [-0.15, -0.1) is 0 Å². The zero-order valence-corrected chi connectivity index (χ0v) is 11.5. The standard InChI is InChI=1S/C14H27NO2/c1-4-12(13(16)17)15-10-14(9-11(2)3)7-5-6-8-14/h11-12,15H,4-10H2,1-3H3,(H,16,17). The number of rotatable bonds is 7. The molecule has 1 fully saturated rings. The molecule has 0 bridgehead atoms. The number of carbonyl (C=O) groups is 1. The summed E-state index contributed by atoms with van der Waals surface area (Å²) in [4.78, 5) is 11.0. The zero-order valence-electron chi connectivity index (χ0n) is 11.5. The van der Waals surface area contributed by atoms with Crippen molar-refractivity contribution in [3.05, 3.63) is 0 Å². The smallest absolute Gasteiger partial charge is 0.320 e. The Morgan fingerprint density at radius 2 is 1.94 bits per heavy atom. The third-order valence-electron chi connectivity index (χ3n) is 3.94. The van der Waals surface area contributed by atoms with E-state index in [9.17, 15) is 4.79 Å². The summed E-state index contributed by atoms with van der Waals surface area (Å²) in [6.07, 6.45) is 7.00. The van der Waals surface area contributed by atoms with Crippen molar-refractivity contribution in [3.63, 3.8) is 0 Å². The second kappa shape index (κ2) is 6.39. The van der Waals surface area contributed by atoms with E-state index in [0.29, 0.717) is 17.8 Å². The van der Waals surface area contributed by atoms with Gasteiger partial charge in [0.15, 0.2) is 0 Å². The summed E-state index contributed by atoms with van der Waals surface area (Å²) in [6, 6.07) is -0.375. The van der Waals surface area contributed by atoms with Gasteiger partial charge in [0.25, 0.3) is 0 Å². The molecule has 1 rings (SSSR count). The summed E-state index contributed by atoms with van der Waals surface area (Å²) < 4.78 is 0. The predicted octanol–water partition coefficient (Wildman–Crippen LogP) is 3.05. The van der Waals surface area contributed by atoms with E-state index in [1.54, 1.807) is 0 Å². The van der Waals surface area contributed by atoms with Crippen LogP contribution in [0.15, 0.2) is 0 Å². The van der Waals surface area contributed by atoms with Crippen molar-refractivity contribution in [2.24, 2.45) is 11.3 Å².